The van der Waals surface area contributed by atoms with E-state index in [2.05, 4.69) is 0 Å². The molecule has 4 N–H and O–H groups in total. The van der Waals surface area contributed by atoms with Crippen molar-refractivity contribution in [1.82, 2.24) is 9.80 Å². The van der Waals surface area contributed by atoms with Gasteiger partial charge in [0.25, 0.3) is 0 Å². The van der Waals surface area contributed by atoms with Gasteiger partial charge < -0.3 is 20.4 Å². The van der Waals surface area contributed by atoms with E-state index in [4.69, 9.17) is 20.4 Å². The van der Waals surface area contributed by atoms with Gasteiger partial charge in [-0.3, -0.25) is 29.0 Å². The summed E-state index contributed by atoms with van der Waals surface area (Å²) in [6.07, 6.45) is 0. The van der Waals surface area contributed by atoms with Crippen LogP contribution < -0.4 is 0 Å². The zero-order valence-electron chi connectivity index (χ0n) is 18.6. The average Bonchev–Trinajstić information content (AvgIpc) is 2.22. The maximum Gasteiger partial charge on any atom is 0.317 e. The Hall–Kier alpha value is 5.80. The van der Waals surface area contributed by atoms with Crippen molar-refractivity contribution in [2.45, 2.75) is 0 Å². The zero-order valence-corrected chi connectivity index (χ0v) is 34.6. The van der Waals surface area contributed by atoms with E-state index in [1.807, 2.05) is 0 Å². The first kappa shape index (κ1) is 59.1. The van der Waals surface area contributed by atoms with Crippen molar-refractivity contribution in [1.29, 1.82) is 0 Å². The van der Waals surface area contributed by atoms with Crippen LogP contribution in [0.4, 0.5) is 0 Å². The first-order valence-electron chi connectivity index (χ1n) is 5.52. The second-order valence-electron chi connectivity index (χ2n) is 4.00. The topological polar surface area (TPSA) is 156 Å². The molecule has 0 aromatic rings. The fourth-order valence-corrected chi connectivity index (χ4v) is 1.48. The predicted molar refractivity (Wildman–Crippen MR) is 109 cm³/mol. The molecule has 0 amide bonds. The Kier molecular flexibility index (Phi) is 78.9. The molecule has 0 unspecified atom stereocenters. The van der Waals surface area contributed by atoms with Crippen molar-refractivity contribution in [3.63, 3.8) is 0 Å². The Morgan fingerprint density at radius 1 is 0.429 bits per heavy atom. The van der Waals surface area contributed by atoms with Crippen LogP contribution in [0.3, 0.4) is 0 Å². The summed E-state index contributed by atoms with van der Waals surface area (Å²) < 4.78 is 0. The average molecular weight is 476 g/mol. The normalized spacial score (nSPS) is 7.64. The number of carbonyl (C=O) groups is 4. The summed E-state index contributed by atoms with van der Waals surface area (Å²) in [5.74, 6) is -4.91. The summed E-state index contributed by atoms with van der Waals surface area (Å²) in [7, 11) is 0. The third kappa shape index (κ3) is 42.0. The third-order valence-corrected chi connectivity index (χ3v) is 2.17. The molecule has 0 atom stereocenters. The Morgan fingerprint density at radius 3 is 0.679 bits per heavy atom. The molecule has 10 nitrogen and oxygen atoms in total. The summed E-state index contributed by atoms with van der Waals surface area (Å²) >= 11 is 0. The van der Waals surface area contributed by atoms with Crippen molar-refractivity contribution in [2.24, 2.45) is 0 Å². The monoisotopic (exact) mass is 476 g/mol. The molecule has 0 saturated heterocycles. The molecule has 18 heteroatoms. The number of hydrogen-bond donors (Lipinski definition) is 4. The summed E-state index contributed by atoms with van der Waals surface area (Å²) in [5.41, 5.74) is 0. The SMILES string of the molecule is O=C(O)CN(CCN(CC(=O)O)CC(=O)O)CC(=O)O.[Na].[Na].[Na].[Na].[Na].[Na].[Na].[Na]. The van der Waals surface area contributed by atoms with Gasteiger partial charge in [0, 0.05) is 250 Å². The van der Waals surface area contributed by atoms with Gasteiger partial charge in [-0.2, -0.15) is 0 Å². The van der Waals surface area contributed by atoms with Gasteiger partial charge in [-0.1, -0.05) is 0 Å². The largest absolute Gasteiger partial charge is 0.480 e. The standard InChI is InChI=1S/C10H16N2O8.8Na/c13-7(14)3-11(4-8(15)16)1-2-12(5-9(17)18)6-10(19)20;;;;;;;;/h1-6H2,(H,13,14)(H,15,16)(H,17,18)(H,19,20);;;;;;;;. The number of carboxylic acid groups (broad SMARTS) is 4. The van der Waals surface area contributed by atoms with Crippen LogP contribution in [-0.4, -0.2) is 330 Å². The maximum absolute atomic E-state index is 10.6. The van der Waals surface area contributed by atoms with E-state index in [0.717, 1.165) is 9.80 Å². The van der Waals surface area contributed by atoms with Crippen molar-refractivity contribution in [2.75, 3.05) is 39.3 Å². The molecule has 0 fully saturated rings. The number of carboxylic acids is 4. The van der Waals surface area contributed by atoms with Crippen LogP contribution in [0.15, 0.2) is 0 Å². The van der Waals surface area contributed by atoms with Gasteiger partial charge in [0.2, 0.25) is 0 Å². The molecular weight excluding hydrogens is 460 g/mol. The van der Waals surface area contributed by atoms with Gasteiger partial charge in [-0.05, 0) is 0 Å². The Morgan fingerprint density at radius 2 is 0.571 bits per heavy atom. The first-order chi connectivity index (χ1) is 9.20. The Bertz CT molecular complexity index is 340. The first-order valence-corrected chi connectivity index (χ1v) is 5.52. The van der Waals surface area contributed by atoms with Gasteiger partial charge in [0.1, 0.15) is 0 Å². The Balaban J connectivity index is -0.0000000645. The molecule has 0 spiro atoms. The van der Waals surface area contributed by atoms with Crippen LogP contribution in [0.2, 0.25) is 0 Å². The third-order valence-electron chi connectivity index (χ3n) is 2.17. The minimum Gasteiger partial charge on any atom is -0.480 e. The smallest absolute Gasteiger partial charge is 0.317 e. The van der Waals surface area contributed by atoms with E-state index < -0.39 is 50.1 Å². The Labute approximate surface area is 341 Å². The quantitative estimate of drug-likeness (QED) is 0.213. The number of nitrogens with zero attached hydrogens (tertiary/aromatic N) is 2. The van der Waals surface area contributed by atoms with Crippen molar-refractivity contribution < 1.29 is 39.6 Å². The number of aliphatic carboxylic acids is 4. The van der Waals surface area contributed by atoms with Gasteiger partial charge in [0.05, 0.1) is 26.2 Å². The van der Waals surface area contributed by atoms with Crippen LogP contribution in [0.25, 0.3) is 0 Å². The second-order valence-corrected chi connectivity index (χ2v) is 4.00. The molecule has 0 bridgehead atoms. The van der Waals surface area contributed by atoms with Crippen molar-refractivity contribution in [3.8, 4) is 0 Å². The van der Waals surface area contributed by atoms with E-state index in [-0.39, 0.29) is 250 Å². The van der Waals surface area contributed by atoms with Crippen LogP contribution in [0.5, 0.6) is 0 Å². The predicted octanol–water partition coefficient (Wildman–Crippen LogP) is -5.12. The van der Waals surface area contributed by atoms with Gasteiger partial charge >= 0.3 is 23.9 Å². The summed E-state index contributed by atoms with van der Waals surface area (Å²) in [5, 5.41) is 34.5. The van der Waals surface area contributed by atoms with Crippen molar-refractivity contribution >= 4 is 260 Å². The van der Waals surface area contributed by atoms with Gasteiger partial charge in [0.15, 0.2) is 0 Å². The molecule has 0 aromatic carbocycles. The van der Waals surface area contributed by atoms with Crippen molar-refractivity contribution in [3.05, 3.63) is 0 Å². The number of rotatable bonds is 11. The van der Waals surface area contributed by atoms with E-state index in [1.54, 1.807) is 0 Å². The molecule has 0 saturated carbocycles. The van der Waals surface area contributed by atoms with E-state index in [0.29, 0.717) is 0 Å². The zero-order chi connectivity index (χ0) is 15.7. The van der Waals surface area contributed by atoms with Gasteiger partial charge in [-0.15, -0.1) is 0 Å². The van der Waals surface area contributed by atoms with Crippen LogP contribution >= 0.6 is 0 Å². The summed E-state index contributed by atoms with van der Waals surface area (Å²) in [6.45, 7) is -2.25. The van der Waals surface area contributed by atoms with Crippen LogP contribution in [-0.2, 0) is 19.2 Å². The molecule has 28 heavy (non-hydrogen) atoms. The van der Waals surface area contributed by atoms with Crippen LogP contribution in [0.1, 0.15) is 0 Å². The molecule has 0 aliphatic carbocycles. The minimum atomic E-state index is -1.23. The van der Waals surface area contributed by atoms with Gasteiger partial charge in [-0.25, -0.2) is 0 Å². The molecule has 0 rings (SSSR count). The van der Waals surface area contributed by atoms with E-state index in [1.165, 1.54) is 0 Å². The fourth-order valence-electron chi connectivity index (χ4n) is 1.48. The minimum absolute atomic E-state index is 0. The molecule has 0 aliphatic heterocycles. The van der Waals surface area contributed by atoms with E-state index >= 15 is 0 Å². The molecular formula is C10H16N2Na8O8. The molecule has 8 radical (unpaired) electrons. The molecule has 0 aromatic heterocycles. The van der Waals surface area contributed by atoms with E-state index in [9.17, 15) is 19.2 Å². The molecule has 0 aliphatic rings. The second kappa shape index (κ2) is 37.4. The molecule has 122 valence electrons. The summed E-state index contributed by atoms with van der Waals surface area (Å²) in [4.78, 5) is 44.4. The molecule has 0 heterocycles. The summed E-state index contributed by atoms with van der Waals surface area (Å²) in [6, 6.07) is 0. The maximum atomic E-state index is 10.6. The number of hydrogen-bond acceptors (Lipinski definition) is 6. The fraction of sp³-hybridized carbons (Fsp3) is 0.600. The van der Waals surface area contributed by atoms with Crippen LogP contribution in [0, 0.1) is 0 Å².